The van der Waals surface area contributed by atoms with Gasteiger partial charge in [-0.05, 0) is 19.8 Å². The number of likely N-dealkylation sites (tertiary alicyclic amines) is 1. The van der Waals surface area contributed by atoms with Gasteiger partial charge >= 0.3 is 0 Å². The molecule has 0 spiro atoms. The van der Waals surface area contributed by atoms with Crippen LogP contribution in [0.3, 0.4) is 0 Å². The standard InChI is InChI=1S/C14H16N4O3S/c1-9-16-13(21-17-9)14-3-5-20-11(14)2-4-18(7-14)12(19)10-6-22-8-15-10/h6,8,11H,2-5,7H2,1H3/t11-,14-/m0/s1. The predicted molar refractivity (Wildman–Crippen MR) is 77.7 cm³/mol. The molecule has 2 saturated heterocycles. The highest BCUT2D eigenvalue weighted by Gasteiger charge is 2.53. The number of amides is 1. The molecule has 2 aromatic rings. The Labute approximate surface area is 131 Å². The van der Waals surface area contributed by atoms with E-state index in [1.807, 2.05) is 4.90 Å². The van der Waals surface area contributed by atoms with Crippen molar-refractivity contribution < 1.29 is 14.1 Å². The summed E-state index contributed by atoms with van der Waals surface area (Å²) in [4.78, 5) is 23.0. The van der Waals surface area contributed by atoms with Crippen LogP contribution in [0, 0.1) is 6.92 Å². The number of rotatable bonds is 2. The summed E-state index contributed by atoms with van der Waals surface area (Å²) < 4.78 is 11.3. The average molecular weight is 320 g/mol. The van der Waals surface area contributed by atoms with Crippen LogP contribution in [0.2, 0.25) is 0 Å². The summed E-state index contributed by atoms with van der Waals surface area (Å²) in [6.07, 6.45) is 1.60. The number of ether oxygens (including phenoxy) is 1. The molecule has 2 aromatic heterocycles. The molecule has 2 aliphatic rings. The number of carbonyl (C=O) groups excluding carboxylic acids is 1. The van der Waals surface area contributed by atoms with Crippen LogP contribution in [-0.4, -0.2) is 51.7 Å². The fourth-order valence-corrected chi connectivity index (χ4v) is 3.93. The lowest BCUT2D eigenvalue weighted by molar-refractivity contribution is 0.00804. The van der Waals surface area contributed by atoms with Crippen LogP contribution < -0.4 is 0 Å². The Kier molecular flexibility index (Phi) is 3.23. The number of hydrogen-bond donors (Lipinski definition) is 0. The lowest BCUT2D eigenvalue weighted by Crippen LogP contribution is -2.54. The minimum Gasteiger partial charge on any atom is -0.377 e. The topological polar surface area (TPSA) is 81.4 Å². The van der Waals surface area contributed by atoms with E-state index in [0.717, 1.165) is 12.8 Å². The van der Waals surface area contributed by atoms with Crippen molar-refractivity contribution in [3.8, 4) is 0 Å². The number of carbonyl (C=O) groups is 1. The van der Waals surface area contributed by atoms with Crippen molar-refractivity contribution in [1.82, 2.24) is 20.0 Å². The van der Waals surface area contributed by atoms with E-state index in [4.69, 9.17) is 9.26 Å². The summed E-state index contributed by atoms with van der Waals surface area (Å²) in [5.74, 6) is 1.16. The van der Waals surface area contributed by atoms with E-state index < -0.39 is 0 Å². The molecule has 22 heavy (non-hydrogen) atoms. The Morgan fingerprint density at radius 3 is 3.18 bits per heavy atom. The Balaban J connectivity index is 1.65. The van der Waals surface area contributed by atoms with Gasteiger partial charge in [-0.1, -0.05) is 5.16 Å². The van der Waals surface area contributed by atoms with E-state index in [1.54, 1.807) is 17.8 Å². The van der Waals surface area contributed by atoms with E-state index >= 15 is 0 Å². The molecule has 0 radical (unpaired) electrons. The first kappa shape index (κ1) is 13.8. The third kappa shape index (κ3) is 2.05. The molecule has 0 aliphatic carbocycles. The first-order valence-corrected chi connectivity index (χ1v) is 8.23. The summed E-state index contributed by atoms with van der Waals surface area (Å²) in [7, 11) is 0. The third-order valence-electron chi connectivity index (χ3n) is 4.51. The minimum atomic E-state index is -0.384. The van der Waals surface area contributed by atoms with Crippen LogP contribution in [0.25, 0.3) is 0 Å². The fourth-order valence-electron chi connectivity index (χ4n) is 3.40. The van der Waals surface area contributed by atoms with Gasteiger partial charge in [-0.25, -0.2) is 4.98 Å². The van der Waals surface area contributed by atoms with Crippen molar-refractivity contribution in [1.29, 1.82) is 0 Å². The van der Waals surface area contributed by atoms with Gasteiger partial charge in [0.2, 0.25) is 5.89 Å². The highest BCUT2D eigenvalue weighted by Crippen LogP contribution is 2.43. The second-order valence-electron chi connectivity index (χ2n) is 5.80. The number of hydrogen-bond acceptors (Lipinski definition) is 7. The molecule has 4 rings (SSSR count). The van der Waals surface area contributed by atoms with E-state index in [1.165, 1.54) is 11.3 Å². The number of fused-ring (bicyclic) bond motifs is 1. The van der Waals surface area contributed by atoms with Crippen molar-refractivity contribution in [2.75, 3.05) is 19.7 Å². The molecule has 0 bridgehead atoms. The van der Waals surface area contributed by atoms with Crippen LogP contribution >= 0.6 is 11.3 Å². The summed E-state index contributed by atoms with van der Waals surface area (Å²) >= 11 is 1.43. The molecular weight excluding hydrogens is 304 g/mol. The quantitative estimate of drug-likeness (QED) is 0.832. The molecule has 4 heterocycles. The van der Waals surface area contributed by atoms with Gasteiger partial charge in [0.25, 0.3) is 5.91 Å². The lowest BCUT2D eigenvalue weighted by Gasteiger charge is -2.41. The van der Waals surface area contributed by atoms with Crippen molar-refractivity contribution in [3.63, 3.8) is 0 Å². The number of aryl methyl sites for hydroxylation is 1. The van der Waals surface area contributed by atoms with Gasteiger partial charge in [-0.15, -0.1) is 11.3 Å². The SMILES string of the molecule is Cc1noc([C@]23CCO[C@H]2CCN(C(=O)c2cscn2)C3)n1. The van der Waals surface area contributed by atoms with Crippen molar-refractivity contribution in [2.24, 2.45) is 0 Å². The molecule has 8 heteroatoms. The monoisotopic (exact) mass is 320 g/mol. The van der Waals surface area contributed by atoms with Crippen molar-refractivity contribution >= 4 is 17.2 Å². The molecular formula is C14H16N4O3S. The third-order valence-corrected chi connectivity index (χ3v) is 5.10. The Hall–Kier alpha value is -1.80. The van der Waals surface area contributed by atoms with Crippen LogP contribution in [-0.2, 0) is 10.2 Å². The first-order valence-electron chi connectivity index (χ1n) is 7.29. The molecule has 0 aromatic carbocycles. The predicted octanol–water partition coefficient (Wildman–Crippen LogP) is 1.41. The van der Waals surface area contributed by atoms with E-state index in [2.05, 4.69) is 15.1 Å². The number of nitrogens with zero attached hydrogens (tertiary/aromatic N) is 4. The molecule has 0 N–H and O–H groups in total. The molecule has 7 nitrogen and oxygen atoms in total. The van der Waals surface area contributed by atoms with Crippen molar-refractivity contribution in [3.05, 3.63) is 28.3 Å². The van der Waals surface area contributed by atoms with Gasteiger partial charge in [0.05, 0.1) is 17.0 Å². The molecule has 116 valence electrons. The number of aromatic nitrogens is 3. The van der Waals surface area contributed by atoms with Gasteiger partial charge < -0.3 is 14.2 Å². The van der Waals surface area contributed by atoms with Crippen molar-refractivity contribution in [2.45, 2.75) is 31.3 Å². The van der Waals surface area contributed by atoms with Gasteiger partial charge in [0.1, 0.15) is 5.69 Å². The van der Waals surface area contributed by atoms with Crippen LogP contribution in [0.1, 0.15) is 35.0 Å². The highest BCUT2D eigenvalue weighted by atomic mass is 32.1. The van der Waals surface area contributed by atoms with Gasteiger partial charge in [-0.3, -0.25) is 4.79 Å². The fraction of sp³-hybridized carbons (Fsp3) is 0.571. The second-order valence-corrected chi connectivity index (χ2v) is 6.52. The zero-order chi connectivity index (χ0) is 15.2. The number of thiazole rings is 1. The van der Waals surface area contributed by atoms with E-state index in [9.17, 15) is 4.79 Å². The Morgan fingerprint density at radius 2 is 2.45 bits per heavy atom. The van der Waals surface area contributed by atoms with Gasteiger partial charge in [0, 0.05) is 25.1 Å². The number of piperidine rings is 1. The largest absolute Gasteiger partial charge is 0.377 e. The average Bonchev–Trinajstić information content (AvgIpc) is 3.26. The molecule has 2 aliphatic heterocycles. The normalized spacial score (nSPS) is 27.9. The summed E-state index contributed by atoms with van der Waals surface area (Å²) in [6.45, 7) is 3.66. The summed E-state index contributed by atoms with van der Waals surface area (Å²) in [5.41, 5.74) is 1.79. The van der Waals surface area contributed by atoms with Crippen LogP contribution in [0.5, 0.6) is 0 Å². The zero-order valence-corrected chi connectivity index (χ0v) is 13.0. The maximum absolute atomic E-state index is 12.6. The molecule has 1 amide bonds. The zero-order valence-electron chi connectivity index (χ0n) is 12.2. The highest BCUT2D eigenvalue weighted by molar-refractivity contribution is 7.07. The van der Waals surface area contributed by atoms with Gasteiger partial charge in [-0.2, -0.15) is 4.98 Å². The lowest BCUT2D eigenvalue weighted by atomic mass is 9.76. The first-order chi connectivity index (χ1) is 10.7. The molecule has 0 saturated carbocycles. The molecule has 2 fully saturated rings. The summed E-state index contributed by atoms with van der Waals surface area (Å²) in [6, 6.07) is 0. The smallest absolute Gasteiger partial charge is 0.273 e. The second kappa shape index (κ2) is 5.13. The van der Waals surface area contributed by atoms with Crippen LogP contribution in [0.15, 0.2) is 15.4 Å². The van der Waals surface area contributed by atoms with Crippen LogP contribution in [0.4, 0.5) is 0 Å². The Morgan fingerprint density at radius 1 is 1.55 bits per heavy atom. The van der Waals surface area contributed by atoms with E-state index in [-0.39, 0.29) is 17.4 Å². The maximum Gasteiger partial charge on any atom is 0.273 e. The molecule has 0 unspecified atom stereocenters. The molecule has 2 atom stereocenters. The Bertz CT molecular complexity index is 686. The van der Waals surface area contributed by atoms with E-state index in [0.29, 0.717) is 37.1 Å². The summed E-state index contributed by atoms with van der Waals surface area (Å²) in [5, 5.41) is 5.69. The maximum atomic E-state index is 12.6. The van der Waals surface area contributed by atoms with Gasteiger partial charge in [0.15, 0.2) is 5.82 Å². The minimum absolute atomic E-state index is 0.0341.